The maximum atomic E-state index is 14.4. The minimum Gasteiger partial charge on any atom is -0.389 e. The molecule has 10 heteroatoms. The summed E-state index contributed by atoms with van der Waals surface area (Å²) in [7, 11) is 0. The number of nitrogens with one attached hydrogen (secondary N) is 1. The maximum Gasteiger partial charge on any atom is 0.290 e. The van der Waals surface area contributed by atoms with Crippen LogP contribution in [0.15, 0.2) is 6.20 Å². The van der Waals surface area contributed by atoms with E-state index in [2.05, 4.69) is 25.6 Å². The Kier molecular flexibility index (Phi) is 3.32. The Morgan fingerprint density at radius 2 is 2.12 bits per heavy atom. The van der Waals surface area contributed by atoms with Crippen LogP contribution in [0.5, 0.6) is 0 Å². The number of hydrogen-bond donors (Lipinski definition) is 2. The van der Waals surface area contributed by atoms with Crippen LogP contribution in [0.3, 0.4) is 0 Å². The van der Waals surface area contributed by atoms with Crippen molar-refractivity contribution in [3.05, 3.63) is 17.5 Å². The Balaban J connectivity index is 1.60. The number of aliphatic hydroxyl groups is 1. The highest BCUT2D eigenvalue weighted by atomic mass is 19.3. The molecule has 2 aromatic rings. The number of β-amino-alcohol motifs (C(OH)–C–C–N with tert-alkyl or cyclic N) is 1. The van der Waals surface area contributed by atoms with Gasteiger partial charge >= 0.3 is 0 Å². The fourth-order valence-electron chi connectivity index (χ4n) is 3.63. The molecule has 0 radical (unpaired) electrons. The van der Waals surface area contributed by atoms with Crippen molar-refractivity contribution < 1.29 is 13.9 Å². The Morgan fingerprint density at radius 3 is 2.77 bits per heavy atom. The summed E-state index contributed by atoms with van der Waals surface area (Å²) in [5, 5.41) is 21.2. The fourth-order valence-corrected chi connectivity index (χ4v) is 3.63. The second kappa shape index (κ2) is 5.40. The zero-order valence-electron chi connectivity index (χ0n) is 14.2. The molecule has 0 spiro atoms. The number of aromatic nitrogens is 5. The smallest absolute Gasteiger partial charge is 0.290 e. The second-order valence-electron chi connectivity index (χ2n) is 7.26. The fraction of sp³-hybridized carbons (Fsp3) is 0.625. The number of anilines is 1. The molecule has 4 heterocycles. The van der Waals surface area contributed by atoms with Crippen LogP contribution in [0.4, 0.5) is 14.7 Å². The third-order valence-corrected chi connectivity index (χ3v) is 5.61. The van der Waals surface area contributed by atoms with Crippen LogP contribution in [0.25, 0.3) is 11.4 Å². The molecular weight excluding hydrogens is 344 g/mol. The van der Waals surface area contributed by atoms with Crippen LogP contribution >= 0.6 is 0 Å². The van der Waals surface area contributed by atoms with E-state index in [4.69, 9.17) is 0 Å². The molecule has 5 rings (SSSR count). The molecule has 3 aliphatic rings. The molecule has 8 nitrogen and oxygen atoms in total. The number of nitrogens with zero attached hydrogens (tertiary/aromatic N) is 6. The summed E-state index contributed by atoms with van der Waals surface area (Å²) < 4.78 is 30.5. The molecule has 2 aromatic heterocycles. The van der Waals surface area contributed by atoms with Crippen LogP contribution in [0, 0.1) is 0 Å². The summed E-state index contributed by atoms with van der Waals surface area (Å²) >= 11 is 0. The second-order valence-corrected chi connectivity index (χ2v) is 7.26. The first-order chi connectivity index (χ1) is 12.4. The van der Waals surface area contributed by atoms with E-state index in [1.165, 1.54) is 0 Å². The highest BCUT2D eigenvalue weighted by Crippen LogP contribution is 2.44. The quantitative estimate of drug-likeness (QED) is 0.820. The zero-order valence-corrected chi connectivity index (χ0v) is 14.2. The standard InChI is InChI=1S/C16H19F2N7O/c1-8-12(26)7-24(8)15-20-13(10-2-3-16(17,18)14(10)21-15)11-6-25(23-22-11)9-4-19-5-9/h6,8-9,12,19,26H,2-5,7H2,1H3/t8-,12+/m0/s1. The van der Waals surface area contributed by atoms with Crippen LogP contribution in [0.1, 0.15) is 30.6 Å². The maximum absolute atomic E-state index is 14.4. The Bertz CT molecular complexity index is 866. The van der Waals surface area contributed by atoms with Gasteiger partial charge in [0.05, 0.1) is 24.4 Å². The van der Waals surface area contributed by atoms with Gasteiger partial charge in [-0.3, -0.25) is 0 Å². The minimum atomic E-state index is -2.97. The summed E-state index contributed by atoms with van der Waals surface area (Å²) in [5.41, 5.74) is 1.15. The molecule has 0 amide bonds. The average molecular weight is 363 g/mol. The van der Waals surface area contributed by atoms with E-state index >= 15 is 0 Å². The van der Waals surface area contributed by atoms with E-state index in [1.807, 2.05) is 6.92 Å². The van der Waals surface area contributed by atoms with Crippen molar-refractivity contribution in [2.24, 2.45) is 0 Å². The van der Waals surface area contributed by atoms with Crippen LogP contribution in [-0.4, -0.2) is 61.8 Å². The van der Waals surface area contributed by atoms with Crippen molar-refractivity contribution in [2.75, 3.05) is 24.5 Å². The molecular formula is C16H19F2N7O. The number of aliphatic hydroxyl groups excluding tert-OH is 1. The first kappa shape index (κ1) is 16.0. The molecule has 0 bridgehead atoms. The number of rotatable bonds is 3. The predicted molar refractivity (Wildman–Crippen MR) is 88.0 cm³/mol. The molecule has 2 N–H and O–H groups in total. The minimum absolute atomic E-state index is 0.201. The Labute approximate surface area is 148 Å². The van der Waals surface area contributed by atoms with Crippen molar-refractivity contribution in [1.29, 1.82) is 0 Å². The van der Waals surface area contributed by atoms with Crippen molar-refractivity contribution in [1.82, 2.24) is 30.3 Å². The van der Waals surface area contributed by atoms with Crippen LogP contribution in [0.2, 0.25) is 0 Å². The molecule has 0 unspecified atom stereocenters. The lowest BCUT2D eigenvalue weighted by atomic mass is 10.0. The SMILES string of the molecule is C[C@H]1[C@H](O)CN1c1nc(-c2cn(C3CNC3)nn2)c2c(n1)C(F)(F)CC2. The molecule has 26 heavy (non-hydrogen) atoms. The summed E-state index contributed by atoms with van der Waals surface area (Å²) in [5.74, 6) is -2.75. The number of fused-ring (bicyclic) bond motifs is 1. The van der Waals surface area contributed by atoms with E-state index in [1.54, 1.807) is 15.8 Å². The van der Waals surface area contributed by atoms with E-state index in [0.29, 0.717) is 23.5 Å². The van der Waals surface area contributed by atoms with Gasteiger partial charge < -0.3 is 15.3 Å². The molecule has 2 fully saturated rings. The van der Waals surface area contributed by atoms with Gasteiger partial charge in [0.15, 0.2) is 0 Å². The lowest BCUT2D eigenvalue weighted by Gasteiger charge is -2.43. The highest BCUT2D eigenvalue weighted by Gasteiger charge is 2.45. The largest absolute Gasteiger partial charge is 0.389 e. The summed E-state index contributed by atoms with van der Waals surface area (Å²) in [6.45, 7) is 3.79. The normalized spacial score (nSPS) is 27.2. The van der Waals surface area contributed by atoms with E-state index in [-0.39, 0.29) is 36.6 Å². The van der Waals surface area contributed by atoms with Gasteiger partial charge in [-0.25, -0.2) is 14.6 Å². The topological polar surface area (TPSA) is 92.0 Å². The molecule has 1 aliphatic carbocycles. The summed E-state index contributed by atoms with van der Waals surface area (Å²) in [6, 6.07) is 0.0326. The van der Waals surface area contributed by atoms with Crippen LogP contribution in [-0.2, 0) is 12.3 Å². The van der Waals surface area contributed by atoms with Crippen molar-refractivity contribution in [3.8, 4) is 11.4 Å². The first-order valence-corrected chi connectivity index (χ1v) is 8.81. The Morgan fingerprint density at radius 1 is 1.31 bits per heavy atom. The van der Waals surface area contributed by atoms with Gasteiger partial charge in [0.25, 0.3) is 5.92 Å². The van der Waals surface area contributed by atoms with E-state index < -0.39 is 12.0 Å². The number of halogens is 2. The van der Waals surface area contributed by atoms with Gasteiger partial charge in [0.1, 0.15) is 17.1 Å². The molecule has 0 saturated carbocycles. The lowest BCUT2D eigenvalue weighted by Crippen LogP contribution is -2.59. The van der Waals surface area contributed by atoms with Gasteiger partial charge in [-0.05, 0) is 13.3 Å². The first-order valence-electron chi connectivity index (χ1n) is 8.81. The van der Waals surface area contributed by atoms with Crippen molar-refractivity contribution in [2.45, 2.75) is 43.9 Å². The van der Waals surface area contributed by atoms with E-state index in [9.17, 15) is 13.9 Å². The highest BCUT2D eigenvalue weighted by molar-refractivity contribution is 5.63. The predicted octanol–water partition coefficient (Wildman–Crippen LogP) is 0.487. The van der Waals surface area contributed by atoms with Gasteiger partial charge in [0, 0.05) is 31.6 Å². The average Bonchev–Trinajstić information content (AvgIpc) is 3.15. The monoisotopic (exact) mass is 363 g/mol. The lowest BCUT2D eigenvalue weighted by molar-refractivity contribution is -0.00603. The van der Waals surface area contributed by atoms with Gasteiger partial charge in [0.2, 0.25) is 5.95 Å². The third kappa shape index (κ3) is 2.25. The molecule has 2 atom stereocenters. The van der Waals surface area contributed by atoms with E-state index in [0.717, 1.165) is 13.1 Å². The zero-order chi connectivity index (χ0) is 18.1. The van der Waals surface area contributed by atoms with Gasteiger partial charge in [-0.15, -0.1) is 5.10 Å². The molecule has 2 saturated heterocycles. The number of alkyl halides is 2. The van der Waals surface area contributed by atoms with Crippen molar-refractivity contribution >= 4 is 5.95 Å². The molecule has 138 valence electrons. The third-order valence-electron chi connectivity index (χ3n) is 5.61. The number of hydrogen-bond acceptors (Lipinski definition) is 7. The summed E-state index contributed by atoms with van der Waals surface area (Å²) in [6.07, 6.45) is 1.21. The molecule has 0 aromatic carbocycles. The van der Waals surface area contributed by atoms with Gasteiger partial charge in [-0.1, -0.05) is 5.21 Å². The summed E-state index contributed by atoms with van der Waals surface area (Å²) in [4.78, 5) is 10.4. The van der Waals surface area contributed by atoms with Crippen LogP contribution < -0.4 is 10.2 Å². The van der Waals surface area contributed by atoms with Crippen molar-refractivity contribution in [3.63, 3.8) is 0 Å². The van der Waals surface area contributed by atoms with Gasteiger partial charge in [-0.2, -0.15) is 8.78 Å². The Hall–Kier alpha value is -2.20. The molecule has 2 aliphatic heterocycles.